The largest absolute Gasteiger partial charge is 0.481 e. The van der Waals surface area contributed by atoms with Crippen molar-refractivity contribution in [2.24, 2.45) is 10.8 Å². The zero-order valence-corrected chi connectivity index (χ0v) is 34.6. The number of aliphatic carboxylic acids is 2. The highest BCUT2D eigenvalue weighted by atomic mass is 16.4. The number of unbranched alkanes of at least 4 members (excludes halogenated alkanes) is 28. The molecule has 0 heterocycles. The molecule has 0 aliphatic rings. The SMILES string of the molecule is CCCCCCCCCCC(CCCCCCCCCC)(CCC(=O)O)C(CCCCCCCCCC)(CCCCCCCCCC)C(=O)O. The summed E-state index contributed by atoms with van der Waals surface area (Å²) in [5, 5.41) is 21.5. The second kappa shape index (κ2) is 35.0. The highest BCUT2D eigenvalue weighted by Gasteiger charge is 2.54. The third-order valence-electron chi connectivity index (χ3n) is 12.2. The van der Waals surface area contributed by atoms with Crippen LogP contribution in [0.25, 0.3) is 0 Å². The first-order chi connectivity index (χ1) is 24.4. The summed E-state index contributed by atoms with van der Waals surface area (Å²) < 4.78 is 0. The first kappa shape index (κ1) is 48.9. The second-order valence-corrected chi connectivity index (χ2v) is 16.5. The smallest absolute Gasteiger partial charge is 0.310 e. The van der Waals surface area contributed by atoms with Gasteiger partial charge in [-0.25, -0.2) is 0 Å². The van der Waals surface area contributed by atoms with Crippen LogP contribution in [0.4, 0.5) is 0 Å². The lowest BCUT2D eigenvalue weighted by molar-refractivity contribution is -0.165. The van der Waals surface area contributed by atoms with Gasteiger partial charge in [-0.15, -0.1) is 0 Å². The minimum absolute atomic E-state index is 0.0952. The van der Waals surface area contributed by atoms with Crippen molar-refractivity contribution in [1.29, 1.82) is 0 Å². The van der Waals surface area contributed by atoms with Gasteiger partial charge in [0.2, 0.25) is 0 Å². The normalized spacial score (nSPS) is 12.2. The van der Waals surface area contributed by atoms with Crippen molar-refractivity contribution in [3.05, 3.63) is 0 Å². The summed E-state index contributed by atoms with van der Waals surface area (Å²) in [6, 6.07) is 0. The third-order valence-corrected chi connectivity index (χ3v) is 12.2. The van der Waals surface area contributed by atoms with Gasteiger partial charge in [0, 0.05) is 6.42 Å². The van der Waals surface area contributed by atoms with E-state index in [1.807, 2.05) is 0 Å². The standard InChI is InChI=1S/C46H90O4/c1-5-9-13-17-21-25-29-33-38-45(42-37-43(47)48,39-34-30-26-22-18-14-10-6-2)46(44(49)50,40-35-31-27-23-19-15-11-7-3)41-36-32-28-24-20-16-12-8-4/h5-42H2,1-4H3,(H,47,48)(H,49,50). The minimum Gasteiger partial charge on any atom is -0.481 e. The maximum atomic E-state index is 13.9. The van der Waals surface area contributed by atoms with Gasteiger partial charge in [0.15, 0.2) is 0 Å². The van der Waals surface area contributed by atoms with Gasteiger partial charge < -0.3 is 10.2 Å². The molecule has 0 atom stereocenters. The Morgan fingerprint density at radius 1 is 0.340 bits per heavy atom. The molecule has 50 heavy (non-hydrogen) atoms. The van der Waals surface area contributed by atoms with Crippen LogP contribution in [0.1, 0.15) is 272 Å². The summed E-state index contributed by atoms with van der Waals surface area (Å²) in [7, 11) is 0. The number of hydrogen-bond acceptors (Lipinski definition) is 2. The lowest BCUT2D eigenvalue weighted by atomic mass is 9.53. The van der Waals surface area contributed by atoms with Crippen molar-refractivity contribution < 1.29 is 19.8 Å². The van der Waals surface area contributed by atoms with E-state index >= 15 is 0 Å². The molecule has 0 bridgehead atoms. The van der Waals surface area contributed by atoms with Crippen LogP contribution < -0.4 is 0 Å². The minimum atomic E-state index is -0.824. The highest BCUT2D eigenvalue weighted by molar-refractivity contribution is 5.76. The Hall–Kier alpha value is -1.06. The molecule has 4 nitrogen and oxygen atoms in total. The van der Waals surface area contributed by atoms with Gasteiger partial charge in [-0.1, -0.05) is 233 Å². The Morgan fingerprint density at radius 3 is 0.820 bits per heavy atom. The average molecular weight is 707 g/mol. The Bertz CT molecular complexity index is 706. The van der Waals surface area contributed by atoms with Crippen molar-refractivity contribution in [3.63, 3.8) is 0 Å². The van der Waals surface area contributed by atoms with Gasteiger partial charge in [0.05, 0.1) is 5.41 Å². The Morgan fingerprint density at radius 2 is 0.580 bits per heavy atom. The van der Waals surface area contributed by atoms with Crippen molar-refractivity contribution >= 4 is 11.9 Å². The molecule has 298 valence electrons. The molecule has 0 rings (SSSR count). The fourth-order valence-corrected chi connectivity index (χ4v) is 8.85. The van der Waals surface area contributed by atoms with E-state index in [1.54, 1.807) is 0 Å². The van der Waals surface area contributed by atoms with E-state index in [0.717, 1.165) is 77.0 Å². The Balaban J connectivity index is 6.12. The first-order valence-corrected chi connectivity index (χ1v) is 22.8. The third kappa shape index (κ3) is 24.2. The molecule has 0 amide bonds. The van der Waals surface area contributed by atoms with Crippen LogP contribution in [0.2, 0.25) is 0 Å². The molecule has 0 unspecified atom stereocenters. The van der Waals surface area contributed by atoms with Crippen molar-refractivity contribution in [2.45, 2.75) is 272 Å². The number of carboxylic acid groups (broad SMARTS) is 2. The number of hydrogen-bond donors (Lipinski definition) is 2. The molecule has 0 saturated heterocycles. The van der Waals surface area contributed by atoms with Gasteiger partial charge in [-0.3, -0.25) is 9.59 Å². The maximum Gasteiger partial charge on any atom is 0.310 e. The van der Waals surface area contributed by atoms with E-state index in [2.05, 4.69) is 27.7 Å². The maximum absolute atomic E-state index is 13.9. The number of rotatable bonds is 41. The van der Waals surface area contributed by atoms with E-state index in [1.165, 1.54) is 154 Å². The lowest BCUT2D eigenvalue weighted by Gasteiger charge is -2.50. The molecule has 2 N–H and O–H groups in total. The van der Waals surface area contributed by atoms with Crippen LogP contribution in [0.15, 0.2) is 0 Å². The first-order valence-electron chi connectivity index (χ1n) is 22.8. The molecule has 0 aromatic carbocycles. The second-order valence-electron chi connectivity index (χ2n) is 16.5. The van der Waals surface area contributed by atoms with Crippen molar-refractivity contribution in [3.8, 4) is 0 Å². The monoisotopic (exact) mass is 707 g/mol. The predicted molar refractivity (Wildman–Crippen MR) is 218 cm³/mol. The van der Waals surface area contributed by atoms with E-state index in [-0.39, 0.29) is 6.42 Å². The molecule has 4 heteroatoms. The van der Waals surface area contributed by atoms with Gasteiger partial charge in [0.25, 0.3) is 0 Å². The van der Waals surface area contributed by atoms with Crippen molar-refractivity contribution in [2.75, 3.05) is 0 Å². The van der Waals surface area contributed by atoms with Gasteiger partial charge in [-0.2, -0.15) is 0 Å². The molecule has 0 radical (unpaired) electrons. The van der Waals surface area contributed by atoms with E-state index in [0.29, 0.717) is 6.42 Å². The van der Waals surface area contributed by atoms with Gasteiger partial charge in [-0.05, 0) is 37.5 Å². The van der Waals surface area contributed by atoms with Crippen molar-refractivity contribution in [1.82, 2.24) is 0 Å². The lowest BCUT2D eigenvalue weighted by Crippen LogP contribution is -2.48. The van der Waals surface area contributed by atoms with Gasteiger partial charge >= 0.3 is 11.9 Å². The Labute approximate surface area is 313 Å². The summed E-state index contributed by atoms with van der Waals surface area (Å²) in [5.74, 6) is -1.38. The molecule has 0 aromatic rings. The summed E-state index contributed by atoms with van der Waals surface area (Å²) in [6.07, 6.45) is 42.9. The quantitative estimate of drug-likeness (QED) is 0.0621. The highest BCUT2D eigenvalue weighted by Crippen LogP contribution is 2.56. The molecule has 0 aromatic heterocycles. The van der Waals surface area contributed by atoms with Crippen LogP contribution in [0.3, 0.4) is 0 Å². The Kier molecular flexibility index (Phi) is 34.3. The molecular formula is C46H90O4. The zero-order valence-electron chi connectivity index (χ0n) is 34.6. The molecule has 0 aliphatic carbocycles. The fourth-order valence-electron chi connectivity index (χ4n) is 8.85. The van der Waals surface area contributed by atoms with Crippen LogP contribution in [-0.4, -0.2) is 22.2 Å². The summed E-state index contributed by atoms with van der Waals surface area (Å²) in [5.41, 5.74) is -1.26. The summed E-state index contributed by atoms with van der Waals surface area (Å²) in [4.78, 5) is 26.1. The van der Waals surface area contributed by atoms with Crippen LogP contribution in [0, 0.1) is 10.8 Å². The molecule has 0 aliphatic heterocycles. The van der Waals surface area contributed by atoms with Crippen LogP contribution >= 0.6 is 0 Å². The average Bonchev–Trinajstić information content (AvgIpc) is 3.10. The van der Waals surface area contributed by atoms with E-state index in [4.69, 9.17) is 0 Å². The number of carbonyl (C=O) groups is 2. The summed E-state index contributed by atoms with van der Waals surface area (Å²) >= 11 is 0. The fraction of sp³-hybridized carbons (Fsp3) is 0.957. The molecule has 0 saturated carbocycles. The predicted octanol–water partition coefficient (Wildman–Crippen LogP) is 16.0. The van der Waals surface area contributed by atoms with E-state index < -0.39 is 22.8 Å². The number of carboxylic acids is 2. The summed E-state index contributed by atoms with van der Waals surface area (Å²) in [6.45, 7) is 9.05. The van der Waals surface area contributed by atoms with Crippen LogP contribution in [-0.2, 0) is 9.59 Å². The van der Waals surface area contributed by atoms with E-state index in [9.17, 15) is 19.8 Å². The molecular weight excluding hydrogens is 617 g/mol. The molecule has 0 spiro atoms. The molecule has 0 fully saturated rings. The topological polar surface area (TPSA) is 74.6 Å². The van der Waals surface area contributed by atoms with Crippen LogP contribution in [0.5, 0.6) is 0 Å². The van der Waals surface area contributed by atoms with Gasteiger partial charge in [0.1, 0.15) is 0 Å². The zero-order chi connectivity index (χ0) is 37.0.